The van der Waals surface area contributed by atoms with Gasteiger partial charge in [-0.15, -0.1) is 23.2 Å². The molecule has 1 rings (SSSR count). The summed E-state index contributed by atoms with van der Waals surface area (Å²) < 4.78 is 0. The maximum Gasteiger partial charge on any atom is 0.187 e. The number of alkyl halides is 2. The number of hydrogen-bond acceptors (Lipinski definition) is 3. The van der Waals surface area contributed by atoms with Crippen LogP contribution < -0.4 is 0 Å². The van der Waals surface area contributed by atoms with Crippen molar-refractivity contribution < 1.29 is 0 Å². The molecule has 0 fully saturated rings. The van der Waals surface area contributed by atoms with Crippen molar-refractivity contribution in [1.29, 1.82) is 0 Å². The summed E-state index contributed by atoms with van der Waals surface area (Å²) in [5, 5.41) is 0.707. The fraction of sp³-hybridized carbons (Fsp3) is 0.333. The first-order chi connectivity index (χ1) is 5.29. The Morgan fingerprint density at radius 3 is 2.55 bits per heavy atom. The molecule has 1 aromatic heterocycles. The maximum absolute atomic E-state index is 5.52. The third-order valence-corrected chi connectivity index (χ3v) is 2.52. The monoisotopic (exact) mass is 208 g/mol. The van der Waals surface area contributed by atoms with Crippen LogP contribution in [-0.2, 0) is 0 Å². The molecule has 0 radical (unpaired) electrons. The second-order valence-corrected chi connectivity index (χ2v) is 4.00. The van der Waals surface area contributed by atoms with Gasteiger partial charge in [-0.1, -0.05) is 11.8 Å². The number of hydrogen-bond donors (Lipinski definition) is 0. The molecule has 0 amide bonds. The number of rotatable bonds is 3. The molecule has 0 aliphatic carbocycles. The first kappa shape index (κ1) is 9.10. The minimum Gasteiger partial charge on any atom is -0.231 e. The second kappa shape index (κ2) is 4.80. The number of halogens is 2. The molecule has 0 saturated heterocycles. The Morgan fingerprint density at radius 1 is 1.36 bits per heavy atom. The van der Waals surface area contributed by atoms with Crippen LogP contribution in [0.1, 0.15) is 0 Å². The van der Waals surface area contributed by atoms with Gasteiger partial charge in [0.1, 0.15) is 4.84 Å². The lowest BCUT2D eigenvalue weighted by atomic mass is 10.7. The van der Waals surface area contributed by atoms with Crippen LogP contribution in [-0.4, -0.2) is 20.6 Å². The lowest BCUT2D eigenvalue weighted by molar-refractivity contribution is 0.967. The number of nitrogens with zero attached hydrogens (tertiary/aromatic N) is 2. The van der Waals surface area contributed by atoms with E-state index in [4.69, 9.17) is 23.2 Å². The van der Waals surface area contributed by atoms with Crippen molar-refractivity contribution >= 4 is 35.0 Å². The molecule has 1 aromatic rings. The van der Waals surface area contributed by atoms with Crippen molar-refractivity contribution in [1.82, 2.24) is 9.97 Å². The molecule has 0 unspecified atom stereocenters. The van der Waals surface area contributed by atoms with Crippen molar-refractivity contribution in [2.75, 3.05) is 5.75 Å². The smallest absolute Gasteiger partial charge is 0.187 e. The fourth-order valence-corrected chi connectivity index (χ4v) is 1.42. The van der Waals surface area contributed by atoms with Crippen LogP contribution >= 0.6 is 35.0 Å². The summed E-state index contributed by atoms with van der Waals surface area (Å²) in [5.74, 6) is 0.618. The van der Waals surface area contributed by atoms with Gasteiger partial charge >= 0.3 is 0 Å². The topological polar surface area (TPSA) is 25.8 Å². The average molecular weight is 209 g/mol. The number of thioether (sulfide) groups is 1. The van der Waals surface area contributed by atoms with Crippen molar-refractivity contribution in [3.63, 3.8) is 0 Å². The Balaban J connectivity index is 2.39. The third kappa shape index (κ3) is 3.79. The molecule has 0 saturated carbocycles. The largest absolute Gasteiger partial charge is 0.231 e. The van der Waals surface area contributed by atoms with Gasteiger partial charge in [0, 0.05) is 18.1 Å². The molecule has 2 nitrogen and oxygen atoms in total. The molecule has 0 atom stereocenters. The van der Waals surface area contributed by atoms with Crippen molar-refractivity contribution in [3.05, 3.63) is 18.5 Å². The van der Waals surface area contributed by atoms with Gasteiger partial charge in [0.2, 0.25) is 0 Å². The van der Waals surface area contributed by atoms with E-state index in [2.05, 4.69) is 9.97 Å². The summed E-state index contributed by atoms with van der Waals surface area (Å²) >= 11 is 12.5. The van der Waals surface area contributed by atoms with Gasteiger partial charge < -0.3 is 0 Å². The summed E-state index contributed by atoms with van der Waals surface area (Å²) in [5.41, 5.74) is 0. The van der Waals surface area contributed by atoms with E-state index < -0.39 is 0 Å². The zero-order valence-electron chi connectivity index (χ0n) is 5.58. The van der Waals surface area contributed by atoms with E-state index in [9.17, 15) is 0 Å². The molecule has 0 aromatic carbocycles. The van der Waals surface area contributed by atoms with Crippen LogP contribution in [0.25, 0.3) is 0 Å². The minimum atomic E-state index is -0.358. The average Bonchev–Trinajstić information content (AvgIpc) is 2.03. The quantitative estimate of drug-likeness (QED) is 0.434. The van der Waals surface area contributed by atoms with Crippen LogP contribution in [0, 0.1) is 0 Å². The van der Waals surface area contributed by atoms with Gasteiger partial charge in [-0.05, 0) is 6.07 Å². The second-order valence-electron chi connectivity index (χ2n) is 1.73. The van der Waals surface area contributed by atoms with E-state index in [0.717, 1.165) is 0 Å². The highest BCUT2D eigenvalue weighted by molar-refractivity contribution is 7.99. The highest BCUT2D eigenvalue weighted by atomic mass is 35.5. The predicted octanol–water partition coefficient (Wildman–Crippen LogP) is 2.37. The van der Waals surface area contributed by atoms with Gasteiger partial charge in [0.25, 0.3) is 0 Å². The van der Waals surface area contributed by atoms with Crippen LogP contribution in [0.15, 0.2) is 23.6 Å². The summed E-state index contributed by atoms with van der Waals surface area (Å²) in [6.45, 7) is 0. The maximum atomic E-state index is 5.52. The Morgan fingerprint density at radius 2 is 2.00 bits per heavy atom. The lowest BCUT2D eigenvalue weighted by Crippen LogP contribution is -1.92. The highest BCUT2D eigenvalue weighted by Crippen LogP contribution is 2.16. The normalized spacial score (nSPS) is 10.5. The van der Waals surface area contributed by atoms with Crippen LogP contribution in [0.3, 0.4) is 0 Å². The van der Waals surface area contributed by atoms with E-state index in [-0.39, 0.29) is 4.84 Å². The van der Waals surface area contributed by atoms with Gasteiger partial charge in [0.05, 0.1) is 0 Å². The lowest BCUT2D eigenvalue weighted by Gasteiger charge is -1.97. The molecule has 0 bridgehead atoms. The Kier molecular flexibility index (Phi) is 3.97. The minimum absolute atomic E-state index is 0.358. The summed E-state index contributed by atoms with van der Waals surface area (Å²) in [6, 6.07) is 1.77. The van der Waals surface area contributed by atoms with E-state index >= 15 is 0 Å². The Hall–Kier alpha value is 0.01000. The molecule has 0 spiro atoms. The van der Waals surface area contributed by atoms with Crippen molar-refractivity contribution in [3.8, 4) is 0 Å². The van der Waals surface area contributed by atoms with E-state index in [1.165, 1.54) is 11.8 Å². The Labute approximate surface area is 79.3 Å². The summed E-state index contributed by atoms with van der Waals surface area (Å²) in [6.07, 6.45) is 3.37. The van der Waals surface area contributed by atoms with Crippen LogP contribution in [0.5, 0.6) is 0 Å². The summed E-state index contributed by atoms with van der Waals surface area (Å²) in [4.78, 5) is 7.61. The SMILES string of the molecule is ClC(Cl)CSc1ncccn1. The molecule has 5 heteroatoms. The first-order valence-electron chi connectivity index (χ1n) is 2.97. The van der Waals surface area contributed by atoms with Crippen LogP contribution in [0.4, 0.5) is 0 Å². The van der Waals surface area contributed by atoms with Gasteiger partial charge in [-0.3, -0.25) is 0 Å². The van der Waals surface area contributed by atoms with Crippen molar-refractivity contribution in [2.24, 2.45) is 0 Å². The molecular formula is C6H6Cl2N2S. The van der Waals surface area contributed by atoms with E-state index in [1.54, 1.807) is 18.5 Å². The molecule has 0 aliphatic rings. The molecule has 0 aliphatic heterocycles. The zero-order valence-corrected chi connectivity index (χ0v) is 7.90. The van der Waals surface area contributed by atoms with Crippen LogP contribution in [0.2, 0.25) is 0 Å². The Bertz CT molecular complexity index is 205. The van der Waals surface area contributed by atoms with Gasteiger partial charge in [0.15, 0.2) is 5.16 Å². The third-order valence-electron chi connectivity index (χ3n) is 0.881. The standard InChI is InChI=1S/C6H6Cl2N2S/c7-5(8)4-11-6-9-2-1-3-10-6/h1-3,5H,4H2. The van der Waals surface area contributed by atoms with Crippen molar-refractivity contribution in [2.45, 2.75) is 9.99 Å². The van der Waals surface area contributed by atoms with Gasteiger partial charge in [-0.2, -0.15) is 0 Å². The zero-order chi connectivity index (χ0) is 8.10. The molecule has 60 valence electrons. The fourth-order valence-electron chi connectivity index (χ4n) is 0.497. The number of aromatic nitrogens is 2. The van der Waals surface area contributed by atoms with E-state index in [0.29, 0.717) is 10.9 Å². The summed E-state index contributed by atoms with van der Waals surface area (Å²) in [7, 11) is 0. The molecular weight excluding hydrogens is 203 g/mol. The van der Waals surface area contributed by atoms with E-state index in [1.807, 2.05) is 0 Å². The predicted molar refractivity (Wildman–Crippen MR) is 48.3 cm³/mol. The molecule has 1 heterocycles. The van der Waals surface area contributed by atoms with Gasteiger partial charge in [-0.25, -0.2) is 9.97 Å². The molecule has 0 N–H and O–H groups in total. The highest BCUT2D eigenvalue weighted by Gasteiger charge is 2.00. The molecule has 11 heavy (non-hydrogen) atoms. The first-order valence-corrected chi connectivity index (χ1v) is 4.83.